The zero-order valence-corrected chi connectivity index (χ0v) is 17.8. The highest BCUT2D eigenvalue weighted by molar-refractivity contribution is 7.93. The van der Waals surface area contributed by atoms with E-state index in [1.54, 1.807) is 0 Å². The molecule has 28 heavy (non-hydrogen) atoms. The Hall–Kier alpha value is -1.27. The highest BCUT2D eigenvalue weighted by Gasteiger charge is 2.29. The second kappa shape index (κ2) is 9.49. The fourth-order valence-electron chi connectivity index (χ4n) is 2.80. The van der Waals surface area contributed by atoms with Crippen molar-refractivity contribution in [3.05, 3.63) is 24.0 Å². The Morgan fingerprint density at radius 2 is 1.75 bits per heavy atom. The molecule has 0 aliphatic carbocycles. The topological polar surface area (TPSA) is 107 Å². The van der Waals surface area contributed by atoms with E-state index in [1.807, 2.05) is 0 Å². The molecule has 1 aliphatic rings. The van der Waals surface area contributed by atoms with Crippen molar-refractivity contribution in [3.8, 4) is 0 Å². The van der Waals surface area contributed by atoms with Crippen LogP contribution in [0.15, 0.2) is 23.1 Å². The number of aliphatic hydroxyl groups excluding tert-OH is 1. The zero-order chi connectivity index (χ0) is 20.9. The maximum Gasteiger partial charge on any atom is 0.243 e. The van der Waals surface area contributed by atoms with Crippen LogP contribution in [0.3, 0.4) is 0 Å². The molecule has 11 heteroatoms. The first-order valence-corrected chi connectivity index (χ1v) is 12.2. The quantitative estimate of drug-likeness (QED) is 0.560. The van der Waals surface area contributed by atoms with Crippen LogP contribution < -0.4 is 4.72 Å². The Labute approximate surface area is 166 Å². The van der Waals surface area contributed by atoms with Crippen LogP contribution in [-0.2, 0) is 20.0 Å². The summed E-state index contributed by atoms with van der Waals surface area (Å²) in [5, 5.41) is 8.08. The number of nitrogens with one attached hydrogen (secondary N) is 1. The van der Waals surface area contributed by atoms with Crippen molar-refractivity contribution in [1.82, 2.24) is 9.21 Å². The van der Waals surface area contributed by atoms with E-state index in [2.05, 4.69) is 9.62 Å². The Balaban J connectivity index is 2.07. The number of rotatable bonds is 9. The largest absolute Gasteiger partial charge is 0.396 e. The molecule has 1 heterocycles. The van der Waals surface area contributed by atoms with Gasteiger partial charge in [-0.1, -0.05) is 0 Å². The van der Waals surface area contributed by atoms with Gasteiger partial charge in [0.15, 0.2) is 0 Å². The second-order valence-electron chi connectivity index (χ2n) is 7.01. The van der Waals surface area contributed by atoms with Crippen molar-refractivity contribution in [1.29, 1.82) is 0 Å². The SMILES string of the molecule is CC(C)S(=O)(=O)Nc1ccc(S(=O)(=O)N2CCN(CCCCO)CC2)cc1F. The van der Waals surface area contributed by atoms with Gasteiger partial charge in [-0.2, -0.15) is 4.31 Å². The zero-order valence-electron chi connectivity index (χ0n) is 16.1. The van der Waals surface area contributed by atoms with Crippen LogP contribution in [-0.4, -0.2) is 75.7 Å². The fraction of sp³-hybridized carbons (Fsp3) is 0.647. The Kier molecular flexibility index (Phi) is 7.80. The number of sulfonamides is 2. The minimum absolute atomic E-state index is 0.142. The lowest BCUT2D eigenvalue weighted by Gasteiger charge is -2.34. The normalized spacial score (nSPS) is 17.2. The number of nitrogens with zero attached hydrogens (tertiary/aromatic N) is 2. The van der Waals surface area contributed by atoms with Crippen molar-refractivity contribution in [2.75, 3.05) is 44.1 Å². The molecule has 0 amide bonds. The van der Waals surface area contributed by atoms with E-state index in [-0.39, 0.29) is 17.2 Å². The number of piperazine rings is 1. The minimum atomic E-state index is -3.86. The van der Waals surface area contributed by atoms with E-state index >= 15 is 0 Å². The molecule has 1 aromatic rings. The van der Waals surface area contributed by atoms with Gasteiger partial charge in [-0.05, 0) is 51.4 Å². The summed E-state index contributed by atoms with van der Waals surface area (Å²) in [6.45, 7) is 5.59. The molecule has 0 bridgehead atoms. The summed E-state index contributed by atoms with van der Waals surface area (Å²) in [5.41, 5.74) is -0.277. The summed E-state index contributed by atoms with van der Waals surface area (Å²) in [7, 11) is -7.59. The van der Waals surface area contributed by atoms with Crippen molar-refractivity contribution < 1.29 is 26.3 Å². The lowest BCUT2D eigenvalue weighted by Crippen LogP contribution is -2.48. The number of halogens is 1. The molecule has 2 rings (SSSR count). The average Bonchev–Trinajstić information content (AvgIpc) is 2.63. The number of hydrogen-bond donors (Lipinski definition) is 2. The molecule has 0 unspecified atom stereocenters. The van der Waals surface area contributed by atoms with Crippen molar-refractivity contribution >= 4 is 25.7 Å². The highest BCUT2D eigenvalue weighted by atomic mass is 32.2. The van der Waals surface area contributed by atoms with Crippen LogP contribution in [0.25, 0.3) is 0 Å². The number of aliphatic hydroxyl groups is 1. The van der Waals surface area contributed by atoms with Gasteiger partial charge in [0.05, 0.1) is 15.8 Å². The Morgan fingerprint density at radius 3 is 2.29 bits per heavy atom. The monoisotopic (exact) mass is 437 g/mol. The smallest absolute Gasteiger partial charge is 0.243 e. The first kappa shape index (κ1) is 23.0. The number of hydrogen-bond acceptors (Lipinski definition) is 6. The van der Waals surface area contributed by atoms with Gasteiger partial charge in [-0.25, -0.2) is 21.2 Å². The van der Waals surface area contributed by atoms with Crippen molar-refractivity contribution in [2.45, 2.75) is 36.8 Å². The van der Waals surface area contributed by atoms with Gasteiger partial charge in [0.25, 0.3) is 0 Å². The van der Waals surface area contributed by atoms with E-state index in [1.165, 1.54) is 24.2 Å². The molecule has 0 radical (unpaired) electrons. The molecule has 0 spiro atoms. The third kappa shape index (κ3) is 5.63. The van der Waals surface area contributed by atoms with Gasteiger partial charge in [0.1, 0.15) is 5.82 Å². The van der Waals surface area contributed by atoms with E-state index in [0.717, 1.165) is 25.1 Å². The van der Waals surface area contributed by atoms with E-state index in [0.29, 0.717) is 32.6 Å². The lowest BCUT2D eigenvalue weighted by molar-refractivity contribution is 0.180. The minimum Gasteiger partial charge on any atom is -0.396 e. The average molecular weight is 438 g/mol. The predicted octanol–water partition coefficient (Wildman–Crippen LogP) is 1.05. The molecular weight excluding hydrogens is 409 g/mol. The van der Waals surface area contributed by atoms with Gasteiger partial charge in [-0.3, -0.25) is 4.72 Å². The van der Waals surface area contributed by atoms with Crippen molar-refractivity contribution in [2.24, 2.45) is 0 Å². The summed E-state index contributed by atoms with van der Waals surface area (Å²) in [5.74, 6) is -0.937. The Morgan fingerprint density at radius 1 is 1.11 bits per heavy atom. The van der Waals surface area contributed by atoms with Crippen LogP contribution in [0, 0.1) is 5.82 Å². The molecule has 1 aromatic carbocycles. The number of benzene rings is 1. The molecule has 1 fully saturated rings. The molecular formula is C17H28FN3O5S2. The number of unbranched alkanes of at least 4 members (excludes halogenated alkanes) is 1. The van der Waals surface area contributed by atoms with E-state index < -0.39 is 31.1 Å². The predicted molar refractivity (Wildman–Crippen MR) is 106 cm³/mol. The first-order valence-electron chi connectivity index (χ1n) is 9.22. The molecule has 0 saturated carbocycles. The Bertz CT molecular complexity index is 867. The van der Waals surface area contributed by atoms with Gasteiger partial charge in [0, 0.05) is 32.8 Å². The molecule has 0 atom stereocenters. The van der Waals surface area contributed by atoms with Crippen molar-refractivity contribution in [3.63, 3.8) is 0 Å². The summed E-state index contributed by atoms with van der Waals surface area (Å²) >= 11 is 0. The van der Waals surface area contributed by atoms with Crippen LogP contribution in [0.5, 0.6) is 0 Å². The van der Waals surface area contributed by atoms with Crippen LogP contribution in [0.2, 0.25) is 0 Å². The highest BCUT2D eigenvalue weighted by Crippen LogP contribution is 2.24. The summed E-state index contributed by atoms with van der Waals surface area (Å²) in [6, 6.07) is 3.19. The van der Waals surface area contributed by atoms with Gasteiger partial charge >= 0.3 is 0 Å². The molecule has 0 aromatic heterocycles. The fourth-order valence-corrected chi connectivity index (χ4v) is 4.94. The third-order valence-corrected chi connectivity index (χ3v) is 8.31. The summed E-state index contributed by atoms with van der Waals surface area (Å²) in [6.07, 6.45) is 1.56. The maximum absolute atomic E-state index is 14.3. The second-order valence-corrected chi connectivity index (χ2v) is 11.2. The van der Waals surface area contributed by atoms with Gasteiger partial charge in [-0.15, -0.1) is 0 Å². The van der Waals surface area contributed by atoms with Gasteiger partial charge < -0.3 is 10.0 Å². The molecule has 2 N–H and O–H groups in total. The summed E-state index contributed by atoms with van der Waals surface area (Å²) < 4.78 is 67.1. The van der Waals surface area contributed by atoms with E-state index in [4.69, 9.17) is 5.11 Å². The molecule has 160 valence electrons. The first-order chi connectivity index (χ1) is 13.1. The summed E-state index contributed by atoms with van der Waals surface area (Å²) in [4.78, 5) is 1.93. The molecule has 1 saturated heterocycles. The van der Waals surface area contributed by atoms with Gasteiger partial charge in [0.2, 0.25) is 20.0 Å². The lowest BCUT2D eigenvalue weighted by atomic mass is 10.3. The standard InChI is InChI=1S/C17H28FN3O5S2/c1-14(2)27(23,24)19-17-6-5-15(13-16(17)18)28(25,26)21-10-8-20(9-11-21)7-3-4-12-22/h5-6,13-14,19,22H,3-4,7-12H2,1-2H3. The third-order valence-electron chi connectivity index (χ3n) is 4.66. The number of anilines is 1. The van der Waals surface area contributed by atoms with Crippen LogP contribution in [0.1, 0.15) is 26.7 Å². The van der Waals surface area contributed by atoms with Crippen LogP contribution in [0.4, 0.5) is 10.1 Å². The maximum atomic E-state index is 14.3. The molecule has 8 nitrogen and oxygen atoms in total. The van der Waals surface area contributed by atoms with E-state index in [9.17, 15) is 21.2 Å². The molecule has 1 aliphatic heterocycles. The van der Waals surface area contributed by atoms with Crippen LogP contribution >= 0.6 is 0 Å².